The number of hydrogen-bond acceptors (Lipinski definition) is 3. The van der Waals surface area contributed by atoms with E-state index in [1.165, 1.54) is 0 Å². The number of methoxy groups -OCH3 is 1. The van der Waals surface area contributed by atoms with Gasteiger partial charge in [-0.15, -0.1) is 0 Å². The summed E-state index contributed by atoms with van der Waals surface area (Å²) in [6, 6.07) is 7.51. The predicted octanol–water partition coefficient (Wildman–Crippen LogP) is 1.63. The zero-order valence-electron chi connectivity index (χ0n) is 7.66. The molecule has 0 spiro atoms. The molecule has 2 aromatic rings. The highest BCUT2D eigenvalue weighted by molar-refractivity contribution is 5.97. The molecular formula is C10H9N3O. The van der Waals surface area contributed by atoms with E-state index in [-0.39, 0.29) is 0 Å². The van der Waals surface area contributed by atoms with Crippen LogP contribution in [0.3, 0.4) is 0 Å². The number of nitrogen functional groups attached to an aromatic ring is 1. The van der Waals surface area contributed by atoms with Gasteiger partial charge in [0.05, 0.1) is 18.3 Å². The number of hydrogen-bond donors (Lipinski definition) is 2. The van der Waals surface area contributed by atoms with Crippen molar-refractivity contribution in [3.63, 3.8) is 0 Å². The Morgan fingerprint density at radius 1 is 1.50 bits per heavy atom. The molecule has 0 radical (unpaired) electrons. The summed E-state index contributed by atoms with van der Waals surface area (Å²) in [5.74, 6) is 0.690. The second-order valence-corrected chi connectivity index (χ2v) is 2.91. The van der Waals surface area contributed by atoms with Gasteiger partial charge in [0.2, 0.25) is 0 Å². The highest BCUT2D eigenvalue weighted by atomic mass is 16.5. The number of nitrogens with one attached hydrogen (secondary N) is 1. The lowest BCUT2D eigenvalue weighted by Crippen LogP contribution is -1.85. The van der Waals surface area contributed by atoms with Crippen LogP contribution in [0, 0.1) is 11.3 Å². The molecule has 3 N–H and O–H groups in total. The van der Waals surface area contributed by atoms with Gasteiger partial charge in [-0.25, -0.2) is 0 Å². The molecule has 4 nitrogen and oxygen atoms in total. The number of rotatable bonds is 1. The Balaban J connectivity index is 2.85. The first-order valence-electron chi connectivity index (χ1n) is 4.12. The molecule has 0 amide bonds. The maximum absolute atomic E-state index is 8.78. The molecule has 0 saturated heterocycles. The van der Waals surface area contributed by atoms with E-state index in [4.69, 9.17) is 15.7 Å². The van der Waals surface area contributed by atoms with Crippen LogP contribution in [-0.4, -0.2) is 12.1 Å². The fourth-order valence-corrected chi connectivity index (χ4v) is 1.47. The first-order chi connectivity index (χ1) is 6.77. The monoisotopic (exact) mass is 187 g/mol. The van der Waals surface area contributed by atoms with Crippen molar-refractivity contribution in [1.82, 2.24) is 4.98 Å². The zero-order valence-corrected chi connectivity index (χ0v) is 7.66. The van der Waals surface area contributed by atoms with E-state index in [1.54, 1.807) is 7.11 Å². The van der Waals surface area contributed by atoms with Crippen molar-refractivity contribution in [3.05, 3.63) is 23.9 Å². The Morgan fingerprint density at radius 2 is 2.29 bits per heavy atom. The third kappa shape index (κ3) is 0.995. The van der Waals surface area contributed by atoms with Crippen molar-refractivity contribution in [2.75, 3.05) is 12.8 Å². The molecule has 1 aromatic carbocycles. The lowest BCUT2D eigenvalue weighted by atomic mass is 10.2. The van der Waals surface area contributed by atoms with Crippen LogP contribution in [0.25, 0.3) is 10.9 Å². The number of benzene rings is 1. The second kappa shape index (κ2) is 2.96. The summed E-state index contributed by atoms with van der Waals surface area (Å²) in [7, 11) is 1.58. The van der Waals surface area contributed by atoms with Gasteiger partial charge < -0.3 is 15.5 Å². The minimum absolute atomic E-state index is 0.379. The molecule has 0 unspecified atom stereocenters. The van der Waals surface area contributed by atoms with Gasteiger partial charge in [0.1, 0.15) is 17.5 Å². The minimum atomic E-state index is 0.379. The maximum atomic E-state index is 8.78. The molecule has 0 aliphatic rings. The summed E-state index contributed by atoms with van der Waals surface area (Å²) in [6.07, 6.45) is 0. The lowest BCUT2D eigenvalue weighted by molar-refractivity contribution is 0.419. The number of aromatic amines is 1. The molecule has 1 heterocycles. The van der Waals surface area contributed by atoms with Crippen LogP contribution < -0.4 is 10.5 Å². The van der Waals surface area contributed by atoms with E-state index in [0.717, 1.165) is 10.9 Å². The van der Waals surface area contributed by atoms with Crippen molar-refractivity contribution in [3.8, 4) is 11.8 Å². The van der Waals surface area contributed by atoms with Gasteiger partial charge in [0, 0.05) is 5.39 Å². The van der Waals surface area contributed by atoms with Crippen LogP contribution >= 0.6 is 0 Å². The quantitative estimate of drug-likeness (QED) is 0.712. The van der Waals surface area contributed by atoms with Gasteiger partial charge in [0.25, 0.3) is 0 Å². The van der Waals surface area contributed by atoms with Crippen molar-refractivity contribution in [2.24, 2.45) is 0 Å². The fourth-order valence-electron chi connectivity index (χ4n) is 1.47. The highest BCUT2D eigenvalue weighted by Crippen LogP contribution is 2.30. The number of para-hydroxylation sites is 1. The number of fused-ring (bicyclic) bond motifs is 1. The standard InChI is InChI=1S/C10H9N3O/c1-14-8-4-2-3-6-9(12)7(5-11)13-10(6)8/h2-4,13H,12H2,1H3. The van der Waals surface area contributed by atoms with E-state index < -0.39 is 0 Å². The molecule has 0 aliphatic carbocycles. The highest BCUT2D eigenvalue weighted by Gasteiger charge is 2.10. The smallest absolute Gasteiger partial charge is 0.143 e. The Kier molecular flexibility index (Phi) is 1.79. The average molecular weight is 187 g/mol. The van der Waals surface area contributed by atoms with E-state index >= 15 is 0 Å². The Hall–Kier alpha value is -2.15. The van der Waals surface area contributed by atoms with Crippen molar-refractivity contribution < 1.29 is 4.74 Å². The van der Waals surface area contributed by atoms with Crippen LogP contribution in [0.1, 0.15) is 5.69 Å². The third-order valence-electron chi connectivity index (χ3n) is 2.17. The largest absolute Gasteiger partial charge is 0.495 e. The van der Waals surface area contributed by atoms with E-state index in [2.05, 4.69) is 4.98 Å². The summed E-state index contributed by atoms with van der Waals surface area (Å²) >= 11 is 0. The molecule has 0 aliphatic heterocycles. The number of anilines is 1. The minimum Gasteiger partial charge on any atom is -0.495 e. The van der Waals surface area contributed by atoms with Gasteiger partial charge in [0.15, 0.2) is 0 Å². The molecule has 1 aromatic heterocycles. The van der Waals surface area contributed by atoms with Gasteiger partial charge in [-0.1, -0.05) is 12.1 Å². The Bertz CT molecular complexity index is 522. The van der Waals surface area contributed by atoms with Crippen LogP contribution in [0.4, 0.5) is 5.69 Å². The van der Waals surface area contributed by atoms with Gasteiger partial charge in [-0.05, 0) is 6.07 Å². The average Bonchev–Trinajstić information content (AvgIpc) is 2.55. The lowest BCUT2D eigenvalue weighted by Gasteiger charge is -1.99. The SMILES string of the molecule is COc1cccc2c(N)c(C#N)[nH]c12. The number of aromatic nitrogens is 1. The second-order valence-electron chi connectivity index (χ2n) is 2.91. The number of H-pyrrole nitrogens is 1. The summed E-state index contributed by atoms with van der Waals surface area (Å²) in [4.78, 5) is 2.92. The van der Waals surface area contributed by atoms with Gasteiger partial charge in [-0.3, -0.25) is 0 Å². The third-order valence-corrected chi connectivity index (χ3v) is 2.17. The molecule has 0 bridgehead atoms. The normalized spacial score (nSPS) is 10.0. The van der Waals surface area contributed by atoms with Crippen LogP contribution in [0.5, 0.6) is 5.75 Å². The van der Waals surface area contributed by atoms with Crippen LogP contribution in [0.2, 0.25) is 0 Å². The van der Waals surface area contributed by atoms with Gasteiger partial charge in [-0.2, -0.15) is 5.26 Å². The molecule has 4 heteroatoms. The molecule has 0 saturated carbocycles. The van der Waals surface area contributed by atoms with Gasteiger partial charge >= 0.3 is 0 Å². The predicted molar refractivity (Wildman–Crippen MR) is 54.0 cm³/mol. The number of nitriles is 1. The molecule has 70 valence electrons. The van der Waals surface area contributed by atoms with Crippen LogP contribution in [-0.2, 0) is 0 Å². The number of ether oxygens (including phenoxy) is 1. The zero-order chi connectivity index (χ0) is 10.1. The first-order valence-corrected chi connectivity index (χ1v) is 4.12. The van der Waals surface area contributed by atoms with E-state index in [0.29, 0.717) is 17.1 Å². The Labute approximate surface area is 80.9 Å². The summed E-state index contributed by atoms with van der Waals surface area (Å²) in [6.45, 7) is 0. The van der Waals surface area contributed by atoms with E-state index in [1.807, 2.05) is 24.3 Å². The summed E-state index contributed by atoms with van der Waals surface area (Å²) in [5, 5.41) is 9.60. The molecule has 0 fully saturated rings. The van der Waals surface area contributed by atoms with Crippen molar-refractivity contribution >= 4 is 16.6 Å². The maximum Gasteiger partial charge on any atom is 0.143 e. The van der Waals surface area contributed by atoms with Crippen molar-refractivity contribution in [1.29, 1.82) is 5.26 Å². The van der Waals surface area contributed by atoms with Crippen molar-refractivity contribution in [2.45, 2.75) is 0 Å². The Morgan fingerprint density at radius 3 is 2.93 bits per heavy atom. The number of nitrogens with two attached hydrogens (primary N) is 1. The molecular weight excluding hydrogens is 178 g/mol. The molecule has 14 heavy (non-hydrogen) atoms. The molecule has 0 atom stereocenters. The topological polar surface area (TPSA) is 74.8 Å². The summed E-state index contributed by atoms with van der Waals surface area (Å²) < 4.78 is 5.14. The first kappa shape index (κ1) is 8.45. The van der Waals surface area contributed by atoms with Crippen LogP contribution in [0.15, 0.2) is 18.2 Å². The molecule has 2 rings (SSSR count). The number of nitrogens with zero attached hydrogens (tertiary/aromatic N) is 1. The summed E-state index contributed by atoms with van der Waals surface area (Å²) in [5.41, 5.74) is 7.38. The van der Waals surface area contributed by atoms with E-state index in [9.17, 15) is 0 Å². The fraction of sp³-hybridized carbons (Fsp3) is 0.100.